The Morgan fingerprint density at radius 3 is 3.00 bits per heavy atom. The van der Waals surface area contributed by atoms with Crippen molar-refractivity contribution < 1.29 is 4.79 Å². The molecule has 0 saturated heterocycles. The summed E-state index contributed by atoms with van der Waals surface area (Å²) in [6.45, 7) is 0. The minimum Gasteiger partial charge on any atom is -0.324 e. The van der Waals surface area contributed by atoms with E-state index in [1.54, 1.807) is 24.3 Å². The lowest BCUT2D eigenvalue weighted by Crippen LogP contribution is -2.20. The number of aromatic amines is 1. The lowest BCUT2D eigenvalue weighted by atomic mass is 10.2. The minimum absolute atomic E-state index is 0.0379. The second kappa shape index (κ2) is 5.37. The highest BCUT2D eigenvalue weighted by Crippen LogP contribution is 2.20. The van der Waals surface area contributed by atoms with Gasteiger partial charge < -0.3 is 5.32 Å². The number of para-hydroxylation sites is 1. The summed E-state index contributed by atoms with van der Waals surface area (Å²) in [5.74, 6) is -0.0853. The van der Waals surface area contributed by atoms with Crippen LogP contribution in [0.1, 0.15) is 5.69 Å². The average Bonchev–Trinajstić information content (AvgIpc) is 2.90. The fourth-order valence-electron chi connectivity index (χ4n) is 1.88. The van der Waals surface area contributed by atoms with Gasteiger partial charge in [-0.3, -0.25) is 14.7 Å². The number of aromatic nitrogens is 4. The van der Waals surface area contributed by atoms with Crippen molar-refractivity contribution in [3.8, 4) is 0 Å². The van der Waals surface area contributed by atoms with Crippen LogP contribution in [0.2, 0.25) is 5.02 Å². The fraction of sp³-hybridized carbons (Fsp3) is 0.0769. The van der Waals surface area contributed by atoms with Crippen molar-refractivity contribution >= 4 is 29.0 Å². The quantitative estimate of drug-likeness (QED) is 0.761. The van der Waals surface area contributed by atoms with Crippen LogP contribution in [-0.4, -0.2) is 25.5 Å². The van der Waals surface area contributed by atoms with Gasteiger partial charge in [-0.1, -0.05) is 23.7 Å². The van der Waals surface area contributed by atoms with Crippen molar-refractivity contribution in [2.75, 3.05) is 5.32 Å². The summed E-state index contributed by atoms with van der Waals surface area (Å²) in [5, 5.41) is 5.75. The second-order valence-electron chi connectivity index (χ2n) is 4.31. The van der Waals surface area contributed by atoms with Crippen LogP contribution in [0.15, 0.2) is 41.5 Å². The van der Waals surface area contributed by atoms with Gasteiger partial charge in [0.2, 0.25) is 5.91 Å². The fourth-order valence-corrected chi connectivity index (χ4v) is 2.06. The Morgan fingerprint density at radius 2 is 2.19 bits per heavy atom. The Bertz CT molecular complexity index is 870. The van der Waals surface area contributed by atoms with E-state index < -0.39 is 0 Å². The molecule has 2 N–H and O–H groups in total. The first-order valence-corrected chi connectivity index (χ1v) is 6.48. The molecule has 3 rings (SSSR count). The third kappa shape index (κ3) is 2.77. The third-order valence-corrected chi connectivity index (χ3v) is 3.14. The van der Waals surface area contributed by atoms with E-state index in [4.69, 9.17) is 11.6 Å². The predicted molar refractivity (Wildman–Crippen MR) is 77.4 cm³/mol. The maximum atomic E-state index is 12.0. The van der Waals surface area contributed by atoms with Gasteiger partial charge in [0.1, 0.15) is 6.33 Å². The number of H-pyrrole nitrogens is 1. The van der Waals surface area contributed by atoms with Crippen LogP contribution in [0.25, 0.3) is 5.78 Å². The molecule has 0 unspecified atom stereocenters. The zero-order valence-electron chi connectivity index (χ0n) is 10.7. The summed E-state index contributed by atoms with van der Waals surface area (Å²) < 4.78 is 1.19. The number of carbonyl (C=O) groups is 1. The van der Waals surface area contributed by atoms with E-state index in [0.29, 0.717) is 16.4 Å². The third-order valence-electron chi connectivity index (χ3n) is 2.81. The van der Waals surface area contributed by atoms with E-state index in [0.717, 1.165) is 0 Å². The van der Waals surface area contributed by atoms with Crippen LogP contribution in [0.5, 0.6) is 0 Å². The molecule has 2 aromatic heterocycles. The highest BCUT2D eigenvalue weighted by molar-refractivity contribution is 6.33. The van der Waals surface area contributed by atoms with Gasteiger partial charge in [-0.25, -0.2) is 9.97 Å². The Morgan fingerprint density at radius 1 is 1.38 bits per heavy atom. The standard InChI is InChI=1S/C13H10ClN5O2/c14-9-3-1-2-4-10(9)18-11(20)5-8-6-12(21)19-13(17-8)15-7-16-19/h1-4,6-7H,5H2,(H,18,20)(H,15,16,17). The summed E-state index contributed by atoms with van der Waals surface area (Å²) in [4.78, 5) is 31.7. The maximum Gasteiger partial charge on any atom is 0.274 e. The Kier molecular flexibility index (Phi) is 3.41. The number of nitrogens with one attached hydrogen (secondary N) is 2. The zero-order valence-corrected chi connectivity index (χ0v) is 11.5. The Hall–Kier alpha value is -2.67. The number of benzene rings is 1. The van der Waals surface area contributed by atoms with Gasteiger partial charge >= 0.3 is 0 Å². The molecule has 106 valence electrons. The van der Waals surface area contributed by atoms with E-state index in [-0.39, 0.29) is 23.7 Å². The van der Waals surface area contributed by atoms with E-state index in [1.165, 1.54) is 16.9 Å². The topological polar surface area (TPSA) is 92.1 Å². The maximum absolute atomic E-state index is 12.0. The van der Waals surface area contributed by atoms with Gasteiger partial charge in [0.15, 0.2) is 0 Å². The number of nitrogens with zero attached hydrogens (tertiary/aromatic N) is 3. The van der Waals surface area contributed by atoms with Crippen LogP contribution in [-0.2, 0) is 11.2 Å². The van der Waals surface area contributed by atoms with Gasteiger partial charge in [0, 0.05) is 6.07 Å². The van der Waals surface area contributed by atoms with Crippen molar-refractivity contribution in [1.82, 2.24) is 19.6 Å². The van der Waals surface area contributed by atoms with Gasteiger partial charge in [-0.15, -0.1) is 0 Å². The monoisotopic (exact) mass is 303 g/mol. The highest BCUT2D eigenvalue weighted by atomic mass is 35.5. The van der Waals surface area contributed by atoms with Crippen molar-refractivity contribution in [2.24, 2.45) is 0 Å². The molecule has 1 aromatic carbocycles. The number of fused-ring (bicyclic) bond motifs is 1. The van der Waals surface area contributed by atoms with Crippen molar-refractivity contribution in [3.63, 3.8) is 0 Å². The largest absolute Gasteiger partial charge is 0.324 e. The molecule has 0 saturated carbocycles. The molecule has 0 aliphatic heterocycles. The molecule has 1 amide bonds. The number of hydrogen-bond donors (Lipinski definition) is 2. The van der Waals surface area contributed by atoms with E-state index in [9.17, 15) is 9.59 Å². The molecule has 3 aromatic rings. The first kappa shape index (κ1) is 13.3. The predicted octanol–water partition coefficient (Wildman–Crippen LogP) is 1.25. The van der Waals surface area contributed by atoms with E-state index in [1.807, 2.05) is 0 Å². The number of carbonyl (C=O) groups excluding carboxylic acids is 1. The first-order chi connectivity index (χ1) is 10.1. The van der Waals surface area contributed by atoms with Crippen LogP contribution in [0.4, 0.5) is 5.69 Å². The molecule has 0 atom stereocenters. The summed E-state index contributed by atoms with van der Waals surface area (Å²) in [5.41, 5.74) is 0.538. The summed E-state index contributed by atoms with van der Waals surface area (Å²) in [6, 6.07) is 8.20. The number of rotatable bonds is 3. The average molecular weight is 304 g/mol. The van der Waals surface area contributed by atoms with Crippen molar-refractivity contribution in [1.29, 1.82) is 0 Å². The number of halogens is 1. The lowest BCUT2D eigenvalue weighted by Gasteiger charge is -2.06. The normalized spacial score (nSPS) is 10.7. The van der Waals surface area contributed by atoms with Crippen LogP contribution in [0.3, 0.4) is 0 Å². The van der Waals surface area contributed by atoms with Gasteiger partial charge in [0.25, 0.3) is 11.3 Å². The van der Waals surface area contributed by atoms with Gasteiger partial charge in [0.05, 0.1) is 22.8 Å². The molecular formula is C13H10ClN5O2. The van der Waals surface area contributed by atoms with Crippen LogP contribution < -0.4 is 10.9 Å². The van der Waals surface area contributed by atoms with Crippen LogP contribution >= 0.6 is 11.6 Å². The molecule has 0 spiro atoms. The minimum atomic E-state index is -0.321. The van der Waals surface area contributed by atoms with E-state index >= 15 is 0 Å². The highest BCUT2D eigenvalue weighted by Gasteiger charge is 2.10. The molecule has 0 aliphatic rings. The smallest absolute Gasteiger partial charge is 0.274 e. The summed E-state index contributed by atoms with van der Waals surface area (Å²) in [6.07, 6.45) is 1.32. The number of hydrogen-bond acceptors (Lipinski definition) is 4. The molecule has 0 bridgehead atoms. The summed E-state index contributed by atoms with van der Waals surface area (Å²) in [7, 11) is 0. The molecule has 0 aliphatic carbocycles. The molecule has 8 heteroatoms. The molecular weight excluding hydrogens is 294 g/mol. The van der Waals surface area contributed by atoms with Crippen molar-refractivity contribution in [2.45, 2.75) is 6.42 Å². The van der Waals surface area contributed by atoms with E-state index in [2.05, 4.69) is 20.4 Å². The number of amides is 1. The molecule has 0 fully saturated rings. The molecule has 0 radical (unpaired) electrons. The molecule has 21 heavy (non-hydrogen) atoms. The Balaban J connectivity index is 1.80. The summed E-state index contributed by atoms with van der Waals surface area (Å²) >= 11 is 5.96. The lowest BCUT2D eigenvalue weighted by molar-refractivity contribution is -0.115. The number of anilines is 1. The molecule has 2 heterocycles. The molecule has 7 nitrogen and oxygen atoms in total. The Labute approximate surface area is 123 Å². The van der Waals surface area contributed by atoms with Gasteiger partial charge in [-0.05, 0) is 12.1 Å². The second-order valence-corrected chi connectivity index (χ2v) is 4.72. The zero-order chi connectivity index (χ0) is 14.8. The SMILES string of the molecule is O=C(Cc1cc(=O)n2[nH]cnc2n1)Nc1ccccc1Cl. The van der Waals surface area contributed by atoms with Crippen LogP contribution in [0, 0.1) is 0 Å². The van der Waals surface area contributed by atoms with Crippen molar-refractivity contribution in [3.05, 3.63) is 57.7 Å². The first-order valence-electron chi connectivity index (χ1n) is 6.10. The van der Waals surface area contributed by atoms with Gasteiger partial charge in [-0.2, -0.15) is 4.52 Å².